The van der Waals surface area contributed by atoms with Crippen LogP contribution >= 0.6 is 0 Å². The minimum atomic E-state index is -0.551. The summed E-state index contributed by atoms with van der Waals surface area (Å²) < 4.78 is 9.03. The first-order chi connectivity index (χ1) is 4.22. The maximum atomic E-state index is 10.6. The van der Waals surface area contributed by atoms with Gasteiger partial charge in [-0.3, -0.25) is 0 Å². The van der Waals surface area contributed by atoms with Gasteiger partial charge in [-0.1, -0.05) is 0 Å². The number of rotatable bonds is 3. The van der Waals surface area contributed by atoms with Crippen molar-refractivity contribution in [3.63, 3.8) is 0 Å². The molecule has 0 aliphatic carbocycles. The Labute approximate surface area is 55.0 Å². The molecule has 0 aromatic heterocycles. The molecule has 0 N–H and O–H groups in total. The van der Waals surface area contributed by atoms with Crippen LogP contribution in [-0.4, -0.2) is 18.7 Å². The molecule has 0 rings (SSSR count). The molecule has 1 radical (unpaired) electrons. The maximum absolute atomic E-state index is 10.6. The molecule has 9 heavy (non-hydrogen) atoms. The second kappa shape index (κ2) is 4.32. The molecule has 0 amide bonds. The lowest BCUT2D eigenvalue weighted by atomic mass is 10.4. The topological polar surface area (TPSA) is 35.5 Å². The molecule has 0 saturated heterocycles. The number of carbonyl (C=O) groups excluding carboxylic acids is 1. The van der Waals surface area contributed by atoms with E-state index in [2.05, 4.69) is 16.6 Å². The van der Waals surface area contributed by atoms with Gasteiger partial charge in [-0.2, -0.15) is 0 Å². The van der Waals surface area contributed by atoms with Crippen molar-refractivity contribution >= 4 is 5.97 Å². The molecule has 0 bridgehead atoms. The highest BCUT2D eigenvalue weighted by Crippen LogP contribution is 1.91. The average molecular weight is 131 g/mol. The van der Waals surface area contributed by atoms with E-state index in [0.29, 0.717) is 6.61 Å². The first kappa shape index (κ1) is 8.43. The van der Waals surface area contributed by atoms with Crippen LogP contribution in [0.5, 0.6) is 0 Å². The van der Waals surface area contributed by atoms with Gasteiger partial charge in [-0.15, -0.1) is 0 Å². The zero-order valence-electron chi connectivity index (χ0n) is 5.72. The summed E-state index contributed by atoms with van der Waals surface area (Å²) in [6.07, 6.45) is -0.551. The Balaban J connectivity index is 3.46. The lowest BCUT2D eigenvalue weighted by Gasteiger charge is -2.06. The summed E-state index contributed by atoms with van der Waals surface area (Å²) in [5.74, 6) is -0.368. The van der Waals surface area contributed by atoms with Crippen molar-refractivity contribution in [2.24, 2.45) is 0 Å². The van der Waals surface area contributed by atoms with Crippen molar-refractivity contribution in [2.75, 3.05) is 6.61 Å². The van der Waals surface area contributed by atoms with E-state index in [1.807, 2.05) is 0 Å². The van der Waals surface area contributed by atoms with Gasteiger partial charge in [0.1, 0.15) is 0 Å². The Morgan fingerprint density at radius 2 is 2.33 bits per heavy atom. The van der Waals surface area contributed by atoms with Crippen molar-refractivity contribution in [1.29, 1.82) is 0 Å². The minimum absolute atomic E-state index is 0.368. The molecule has 0 aliphatic heterocycles. The summed E-state index contributed by atoms with van der Waals surface area (Å²) in [5.41, 5.74) is 0. The molecule has 0 aromatic rings. The Kier molecular flexibility index (Phi) is 4.05. The van der Waals surface area contributed by atoms with Crippen molar-refractivity contribution in [1.82, 2.24) is 0 Å². The molecule has 1 atom stereocenters. The van der Waals surface area contributed by atoms with Gasteiger partial charge in [-0.05, 0) is 13.8 Å². The van der Waals surface area contributed by atoms with Crippen LogP contribution < -0.4 is 0 Å². The van der Waals surface area contributed by atoms with E-state index in [9.17, 15) is 4.79 Å². The summed E-state index contributed by atoms with van der Waals surface area (Å²) >= 11 is 0. The third-order valence-corrected chi connectivity index (χ3v) is 0.869. The van der Waals surface area contributed by atoms with Crippen LogP contribution in [0.15, 0.2) is 0 Å². The van der Waals surface area contributed by atoms with Crippen LogP contribution in [0, 0.1) is 7.11 Å². The van der Waals surface area contributed by atoms with Gasteiger partial charge in [0.05, 0.1) is 13.7 Å². The number of esters is 1. The van der Waals surface area contributed by atoms with Gasteiger partial charge in [-0.25, -0.2) is 4.79 Å². The van der Waals surface area contributed by atoms with Crippen molar-refractivity contribution in [3.8, 4) is 0 Å². The van der Waals surface area contributed by atoms with E-state index < -0.39 is 6.10 Å². The van der Waals surface area contributed by atoms with Crippen molar-refractivity contribution in [2.45, 2.75) is 20.0 Å². The van der Waals surface area contributed by atoms with E-state index in [1.54, 1.807) is 13.8 Å². The van der Waals surface area contributed by atoms with Gasteiger partial charge in [0.25, 0.3) is 0 Å². The van der Waals surface area contributed by atoms with E-state index >= 15 is 0 Å². The zero-order chi connectivity index (χ0) is 7.28. The van der Waals surface area contributed by atoms with Gasteiger partial charge < -0.3 is 9.47 Å². The number of carbonyl (C=O) groups is 1. The first-order valence-corrected chi connectivity index (χ1v) is 2.79. The van der Waals surface area contributed by atoms with Crippen LogP contribution in [0.1, 0.15) is 13.8 Å². The van der Waals surface area contributed by atoms with Crippen molar-refractivity contribution < 1.29 is 14.3 Å². The largest absolute Gasteiger partial charge is 0.464 e. The number of hydrogen-bond donors (Lipinski definition) is 0. The molecule has 0 saturated carbocycles. The van der Waals surface area contributed by atoms with E-state index in [1.165, 1.54) is 0 Å². The predicted molar refractivity (Wildman–Crippen MR) is 32.5 cm³/mol. The van der Waals surface area contributed by atoms with E-state index in [-0.39, 0.29) is 5.97 Å². The lowest BCUT2D eigenvalue weighted by Crippen LogP contribution is -2.20. The van der Waals surface area contributed by atoms with Crippen LogP contribution in [0.25, 0.3) is 0 Å². The number of ether oxygens (including phenoxy) is 2. The van der Waals surface area contributed by atoms with Gasteiger partial charge in [0.15, 0.2) is 6.10 Å². The molecule has 53 valence electrons. The second-order valence-electron chi connectivity index (χ2n) is 1.56. The smallest absolute Gasteiger partial charge is 0.334 e. The molecular formula is C6H11O3. The van der Waals surface area contributed by atoms with E-state index in [0.717, 1.165) is 0 Å². The molecule has 0 fully saturated rings. The Morgan fingerprint density at radius 3 is 2.67 bits per heavy atom. The van der Waals surface area contributed by atoms with Crippen LogP contribution in [-0.2, 0) is 14.3 Å². The van der Waals surface area contributed by atoms with Crippen LogP contribution in [0.2, 0.25) is 0 Å². The monoisotopic (exact) mass is 131 g/mol. The predicted octanol–water partition coefficient (Wildman–Crippen LogP) is 0.746. The molecule has 3 nitrogen and oxygen atoms in total. The summed E-state index contributed by atoms with van der Waals surface area (Å²) in [4.78, 5) is 10.6. The third-order valence-electron chi connectivity index (χ3n) is 0.869. The highest BCUT2D eigenvalue weighted by atomic mass is 16.6. The summed E-state index contributed by atoms with van der Waals surface area (Å²) in [6.45, 7) is 3.71. The Bertz CT molecular complexity index is 90.3. The molecule has 3 heteroatoms. The average Bonchev–Trinajstić information content (AvgIpc) is 1.87. The maximum Gasteiger partial charge on any atom is 0.334 e. The van der Waals surface area contributed by atoms with Gasteiger partial charge in [0, 0.05) is 0 Å². The Morgan fingerprint density at radius 1 is 1.78 bits per heavy atom. The fourth-order valence-corrected chi connectivity index (χ4v) is 0.328. The van der Waals surface area contributed by atoms with Crippen LogP contribution in [0.3, 0.4) is 0 Å². The van der Waals surface area contributed by atoms with E-state index in [4.69, 9.17) is 0 Å². The van der Waals surface area contributed by atoms with Crippen molar-refractivity contribution in [3.05, 3.63) is 7.11 Å². The molecule has 0 heterocycles. The summed E-state index contributed by atoms with van der Waals surface area (Å²) in [7, 11) is 3.09. The van der Waals surface area contributed by atoms with Crippen LogP contribution in [0.4, 0.5) is 0 Å². The fourth-order valence-electron chi connectivity index (χ4n) is 0.328. The normalized spacial score (nSPS) is 12.8. The summed E-state index contributed by atoms with van der Waals surface area (Å²) in [6, 6.07) is 0. The fraction of sp³-hybridized carbons (Fsp3) is 0.667. The Hall–Kier alpha value is -0.570. The molecule has 0 aromatic carbocycles. The highest BCUT2D eigenvalue weighted by Gasteiger charge is 2.10. The number of hydrogen-bond acceptors (Lipinski definition) is 3. The lowest BCUT2D eigenvalue weighted by molar-refractivity contribution is -0.152. The quantitative estimate of drug-likeness (QED) is 0.530. The SMILES string of the molecule is [CH2]OC(C)C(=O)OCC. The minimum Gasteiger partial charge on any atom is -0.464 e. The van der Waals surface area contributed by atoms with Gasteiger partial charge >= 0.3 is 5.97 Å². The first-order valence-electron chi connectivity index (χ1n) is 2.79. The molecule has 0 spiro atoms. The highest BCUT2D eigenvalue weighted by molar-refractivity contribution is 5.74. The standard InChI is InChI=1S/C6H11O3/c1-4-9-6(7)5(2)8-3/h5H,3-4H2,1-2H3. The molecule has 1 unspecified atom stereocenters. The molecular weight excluding hydrogens is 120 g/mol. The van der Waals surface area contributed by atoms with Gasteiger partial charge in [0.2, 0.25) is 0 Å². The second-order valence-corrected chi connectivity index (χ2v) is 1.56. The third kappa shape index (κ3) is 3.08. The summed E-state index contributed by atoms with van der Waals surface area (Å²) in [5, 5.41) is 0. The zero-order valence-corrected chi connectivity index (χ0v) is 5.72. The molecule has 0 aliphatic rings.